The molecular weight excluding hydrogens is 320 g/mol. The van der Waals surface area contributed by atoms with Gasteiger partial charge in [-0.1, -0.05) is 59.6 Å². The van der Waals surface area contributed by atoms with E-state index in [0.717, 1.165) is 11.1 Å². The predicted octanol–water partition coefficient (Wildman–Crippen LogP) is 4.56. The van der Waals surface area contributed by atoms with Crippen molar-refractivity contribution in [2.75, 3.05) is 0 Å². The first-order chi connectivity index (χ1) is 11.6. The first-order valence-electron chi connectivity index (χ1n) is 7.67. The van der Waals surface area contributed by atoms with Gasteiger partial charge in [-0.15, -0.1) is 0 Å². The quantitative estimate of drug-likeness (QED) is 0.758. The van der Waals surface area contributed by atoms with Crippen molar-refractivity contribution in [1.29, 1.82) is 0 Å². The molecule has 3 rings (SSSR count). The number of carbonyl (C=O) groups is 1. The van der Waals surface area contributed by atoms with Gasteiger partial charge in [-0.2, -0.15) is 0 Å². The van der Waals surface area contributed by atoms with Crippen LogP contribution in [0.4, 0.5) is 0 Å². The van der Waals surface area contributed by atoms with E-state index in [9.17, 15) is 4.79 Å². The number of amides is 1. The maximum atomic E-state index is 12.7. The van der Waals surface area contributed by atoms with Crippen LogP contribution in [-0.4, -0.2) is 10.9 Å². The van der Waals surface area contributed by atoms with Crippen molar-refractivity contribution in [3.8, 4) is 0 Å². The molecule has 3 nitrogen and oxygen atoms in total. The molecule has 3 aromatic rings. The molecule has 0 aliphatic heterocycles. The van der Waals surface area contributed by atoms with E-state index in [-0.39, 0.29) is 11.9 Å². The normalized spacial score (nSPS) is 11.8. The van der Waals surface area contributed by atoms with Crippen molar-refractivity contribution in [3.05, 3.63) is 100 Å². The Labute approximate surface area is 146 Å². The Morgan fingerprint density at radius 2 is 1.75 bits per heavy atom. The van der Waals surface area contributed by atoms with E-state index >= 15 is 0 Å². The third kappa shape index (κ3) is 3.63. The molecule has 0 unspecified atom stereocenters. The molecule has 1 atom stereocenters. The molecule has 1 amide bonds. The first kappa shape index (κ1) is 16.2. The maximum absolute atomic E-state index is 12.7. The number of hydrogen-bond donors (Lipinski definition) is 1. The lowest BCUT2D eigenvalue weighted by molar-refractivity contribution is 0.0943. The highest BCUT2D eigenvalue weighted by Gasteiger charge is 2.19. The van der Waals surface area contributed by atoms with Gasteiger partial charge in [-0.3, -0.25) is 9.78 Å². The van der Waals surface area contributed by atoms with Crippen LogP contribution in [0.3, 0.4) is 0 Å². The lowest BCUT2D eigenvalue weighted by atomic mass is 9.98. The van der Waals surface area contributed by atoms with Gasteiger partial charge < -0.3 is 5.32 Å². The molecule has 0 aliphatic rings. The third-order valence-corrected chi connectivity index (χ3v) is 4.15. The summed E-state index contributed by atoms with van der Waals surface area (Å²) in [7, 11) is 0. The molecule has 120 valence electrons. The first-order valence-corrected chi connectivity index (χ1v) is 8.05. The maximum Gasteiger partial charge on any atom is 0.253 e. The van der Waals surface area contributed by atoms with Crippen LogP contribution in [0.5, 0.6) is 0 Å². The van der Waals surface area contributed by atoms with E-state index in [1.54, 1.807) is 36.7 Å². The zero-order valence-corrected chi connectivity index (χ0v) is 14.0. The topological polar surface area (TPSA) is 42.0 Å². The van der Waals surface area contributed by atoms with Crippen LogP contribution in [0, 0.1) is 6.92 Å². The second-order valence-electron chi connectivity index (χ2n) is 5.58. The lowest BCUT2D eigenvalue weighted by Gasteiger charge is -2.20. The largest absolute Gasteiger partial charge is 0.341 e. The minimum Gasteiger partial charge on any atom is -0.341 e. The fourth-order valence-electron chi connectivity index (χ4n) is 2.52. The molecule has 0 bridgehead atoms. The number of nitrogens with zero attached hydrogens (tertiary/aromatic N) is 1. The zero-order chi connectivity index (χ0) is 16.9. The molecule has 0 saturated heterocycles. The number of benzene rings is 2. The van der Waals surface area contributed by atoms with Gasteiger partial charge in [-0.05, 0) is 36.2 Å². The summed E-state index contributed by atoms with van der Waals surface area (Å²) in [6, 6.07) is 18.6. The van der Waals surface area contributed by atoms with Crippen molar-refractivity contribution in [2.24, 2.45) is 0 Å². The van der Waals surface area contributed by atoms with Crippen LogP contribution >= 0.6 is 11.6 Å². The summed E-state index contributed by atoms with van der Waals surface area (Å²) in [5.74, 6) is -0.213. The number of halogens is 1. The molecule has 0 fully saturated rings. The Balaban J connectivity index is 1.95. The Morgan fingerprint density at radius 1 is 1.00 bits per heavy atom. The molecule has 4 heteroatoms. The minimum absolute atomic E-state index is 0.213. The van der Waals surface area contributed by atoms with Crippen LogP contribution in [-0.2, 0) is 0 Å². The van der Waals surface area contributed by atoms with Crippen molar-refractivity contribution >= 4 is 17.5 Å². The third-order valence-electron chi connectivity index (χ3n) is 3.82. The SMILES string of the molecule is Cc1ccc([C@H](NC(=O)c2ccccc2Cl)c2cccnc2)cc1. The fourth-order valence-corrected chi connectivity index (χ4v) is 2.74. The number of pyridine rings is 1. The van der Waals surface area contributed by atoms with Gasteiger partial charge in [0.05, 0.1) is 16.6 Å². The Kier molecular flexibility index (Phi) is 4.92. The molecule has 1 aromatic heterocycles. The van der Waals surface area contributed by atoms with Crippen molar-refractivity contribution in [2.45, 2.75) is 13.0 Å². The van der Waals surface area contributed by atoms with Gasteiger partial charge in [0.15, 0.2) is 0 Å². The molecular formula is C20H17ClN2O. The van der Waals surface area contributed by atoms with Crippen LogP contribution in [0.2, 0.25) is 5.02 Å². The summed E-state index contributed by atoms with van der Waals surface area (Å²) in [6.45, 7) is 2.03. The van der Waals surface area contributed by atoms with Gasteiger partial charge in [-0.25, -0.2) is 0 Å². The van der Waals surface area contributed by atoms with E-state index < -0.39 is 0 Å². The summed E-state index contributed by atoms with van der Waals surface area (Å²) in [5.41, 5.74) is 3.54. The van der Waals surface area contributed by atoms with E-state index in [2.05, 4.69) is 10.3 Å². The standard InChI is InChI=1S/C20H17ClN2O/c1-14-8-10-15(11-9-14)19(16-5-4-12-22-13-16)23-20(24)17-6-2-3-7-18(17)21/h2-13,19H,1H3,(H,23,24)/t19-/m0/s1. The van der Waals surface area contributed by atoms with E-state index in [1.807, 2.05) is 43.3 Å². The molecule has 0 radical (unpaired) electrons. The van der Waals surface area contributed by atoms with Gasteiger partial charge >= 0.3 is 0 Å². The number of aromatic nitrogens is 1. The summed E-state index contributed by atoms with van der Waals surface area (Å²) in [6.07, 6.45) is 3.48. The van der Waals surface area contributed by atoms with Crippen molar-refractivity contribution in [1.82, 2.24) is 10.3 Å². The average Bonchev–Trinajstić information content (AvgIpc) is 2.61. The van der Waals surface area contributed by atoms with Crippen LogP contribution in [0.15, 0.2) is 73.1 Å². The van der Waals surface area contributed by atoms with Crippen molar-refractivity contribution < 1.29 is 4.79 Å². The van der Waals surface area contributed by atoms with Gasteiger partial charge in [0, 0.05) is 12.4 Å². The molecule has 1 heterocycles. The van der Waals surface area contributed by atoms with E-state index in [4.69, 9.17) is 11.6 Å². The molecule has 0 saturated carbocycles. The summed E-state index contributed by atoms with van der Waals surface area (Å²) in [4.78, 5) is 16.8. The van der Waals surface area contributed by atoms with Crippen LogP contribution in [0.1, 0.15) is 33.1 Å². The summed E-state index contributed by atoms with van der Waals surface area (Å²) in [5, 5.41) is 3.50. The highest BCUT2D eigenvalue weighted by Crippen LogP contribution is 2.23. The van der Waals surface area contributed by atoms with Crippen LogP contribution in [0.25, 0.3) is 0 Å². The van der Waals surface area contributed by atoms with Gasteiger partial charge in [0.2, 0.25) is 0 Å². The predicted molar refractivity (Wildman–Crippen MR) is 96.2 cm³/mol. The lowest BCUT2D eigenvalue weighted by Crippen LogP contribution is -2.29. The zero-order valence-electron chi connectivity index (χ0n) is 13.2. The monoisotopic (exact) mass is 336 g/mol. The molecule has 2 aromatic carbocycles. The van der Waals surface area contributed by atoms with E-state index in [0.29, 0.717) is 10.6 Å². The number of nitrogens with one attached hydrogen (secondary N) is 1. The highest BCUT2D eigenvalue weighted by atomic mass is 35.5. The molecule has 1 N–H and O–H groups in total. The number of carbonyl (C=O) groups excluding carboxylic acids is 1. The number of aryl methyl sites for hydroxylation is 1. The second kappa shape index (κ2) is 7.28. The fraction of sp³-hybridized carbons (Fsp3) is 0.100. The van der Waals surface area contributed by atoms with Gasteiger partial charge in [0.25, 0.3) is 5.91 Å². The highest BCUT2D eigenvalue weighted by molar-refractivity contribution is 6.33. The molecule has 24 heavy (non-hydrogen) atoms. The Bertz CT molecular complexity index is 832. The Morgan fingerprint density at radius 3 is 2.42 bits per heavy atom. The number of rotatable bonds is 4. The Hall–Kier alpha value is -2.65. The summed E-state index contributed by atoms with van der Waals surface area (Å²) >= 11 is 6.14. The minimum atomic E-state index is -0.289. The summed E-state index contributed by atoms with van der Waals surface area (Å²) < 4.78 is 0. The van der Waals surface area contributed by atoms with Crippen molar-refractivity contribution in [3.63, 3.8) is 0 Å². The second-order valence-corrected chi connectivity index (χ2v) is 5.99. The van der Waals surface area contributed by atoms with Gasteiger partial charge in [0.1, 0.15) is 0 Å². The van der Waals surface area contributed by atoms with Crippen LogP contribution < -0.4 is 5.32 Å². The smallest absolute Gasteiger partial charge is 0.253 e. The number of hydrogen-bond acceptors (Lipinski definition) is 2. The molecule has 0 spiro atoms. The van der Waals surface area contributed by atoms with E-state index in [1.165, 1.54) is 5.56 Å². The molecule has 0 aliphatic carbocycles. The average molecular weight is 337 g/mol.